The first-order chi connectivity index (χ1) is 8.29. The van der Waals surface area contributed by atoms with Gasteiger partial charge < -0.3 is 10.7 Å². The van der Waals surface area contributed by atoms with E-state index in [-0.39, 0.29) is 6.04 Å². The highest BCUT2D eigenvalue weighted by Crippen LogP contribution is 2.17. The molecule has 0 amide bonds. The molecule has 0 aromatic carbocycles. The fourth-order valence-electron chi connectivity index (χ4n) is 1.55. The van der Waals surface area contributed by atoms with E-state index in [1.54, 1.807) is 12.4 Å². The molecule has 1 atom stereocenters. The van der Waals surface area contributed by atoms with Gasteiger partial charge in [0.15, 0.2) is 0 Å². The van der Waals surface area contributed by atoms with Gasteiger partial charge in [-0.15, -0.1) is 0 Å². The van der Waals surface area contributed by atoms with Crippen LogP contribution >= 0.6 is 0 Å². The Labute approximate surface area is 100 Å². The zero-order valence-corrected chi connectivity index (χ0v) is 9.59. The van der Waals surface area contributed by atoms with Crippen LogP contribution in [-0.2, 0) is 0 Å². The van der Waals surface area contributed by atoms with Crippen molar-refractivity contribution in [2.45, 2.75) is 13.0 Å². The van der Waals surface area contributed by atoms with E-state index in [0.29, 0.717) is 5.82 Å². The summed E-state index contributed by atoms with van der Waals surface area (Å²) in [5.74, 6) is 6.73. The van der Waals surface area contributed by atoms with Gasteiger partial charge in [-0.1, -0.05) is 6.07 Å². The van der Waals surface area contributed by atoms with E-state index in [1.807, 2.05) is 30.3 Å². The topological polar surface area (TPSA) is 75.9 Å². The molecular weight excluding hydrogens is 214 g/mol. The lowest BCUT2D eigenvalue weighted by molar-refractivity contribution is 0.871. The van der Waals surface area contributed by atoms with Crippen molar-refractivity contribution in [1.29, 1.82) is 0 Å². The number of hydrazine groups is 1. The summed E-state index contributed by atoms with van der Waals surface area (Å²) in [7, 11) is 0. The molecule has 0 saturated heterocycles. The average molecular weight is 229 g/mol. The summed E-state index contributed by atoms with van der Waals surface area (Å²) in [4.78, 5) is 8.29. The molecule has 0 bridgehead atoms. The Morgan fingerprint density at radius 2 is 1.82 bits per heavy atom. The predicted octanol–water partition coefficient (Wildman–Crippen LogP) is 1.94. The second-order valence-corrected chi connectivity index (χ2v) is 3.70. The Kier molecular flexibility index (Phi) is 3.52. The van der Waals surface area contributed by atoms with Crippen LogP contribution in [0.3, 0.4) is 0 Å². The molecule has 2 rings (SSSR count). The van der Waals surface area contributed by atoms with Crippen molar-refractivity contribution < 1.29 is 0 Å². The van der Waals surface area contributed by atoms with E-state index in [2.05, 4.69) is 27.6 Å². The molecule has 5 nitrogen and oxygen atoms in total. The number of nitrogens with two attached hydrogens (primary N) is 1. The molecule has 1 unspecified atom stereocenters. The molecule has 0 saturated carbocycles. The van der Waals surface area contributed by atoms with Crippen molar-refractivity contribution in [3.8, 4) is 0 Å². The maximum absolute atomic E-state index is 5.31. The predicted molar refractivity (Wildman–Crippen MR) is 68.3 cm³/mol. The van der Waals surface area contributed by atoms with Crippen molar-refractivity contribution in [2.24, 2.45) is 5.84 Å². The summed E-state index contributed by atoms with van der Waals surface area (Å²) >= 11 is 0. The minimum atomic E-state index is 0.165. The molecule has 17 heavy (non-hydrogen) atoms. The summed E-state index contributed by atoms with van der Waals surface area (Å²) in [5.41, 5.74) is 3.68. The number of rotatable bonds is 4. The number of anilines is 2. The van der Waals surface area contributed by atoms with Gasteiger partial charge in [0, 0.05) is 12.4 Å². The SMILES string of the molecule is CC(Nc1cccc(NN)n1)c1ccncc1. The van der Waals surface area contributed by atoms with Gasteiger partial charge in [-0.25, -0.2) is 10.8 Å². The smallest absolute Gasteiger partial charge is 0.142 e. The van der Waals surface area contributed by atoms with E-state index < -0.39 is 0 Å². The van der Waals surface area contributed by atoms with Gasteiger partial charge >= 0.3 is 0 Å². The van der Waals surface area contributed by atoms with E-state index >= 15 is 0 Å². The highest BCUT2D eigenvalue weighted by molar-refractivity contribution is 5.45. The van der Waals surface area contributed by atoms with Crippen LogP contribution in [0.25, 0.3) is 0 Å². The lowest BCUT2D eigenvalue weighted by Crippen LogP contribution is -2.11. The quantitative estimate of drug-likeness (QED) is 0.551. The molecule has 5 heteroatoms. The first kappa shape index (κ1) is 11.3. The van der Waals surface area contributed by atoms with Gasteiger partial charge in [0.25, 0.3) is 0 Å². The Balaban J connectivity index is 2.10. The van der Waals surface area contributed by atoms with E-state index in [1.165, 1.54) is 0 Å². The van der Waals surface area contributed by atoms with Gasteiger partial charge in [0.05, 0.1) is 6.04 Å². The van der Waals surface area contributed by atoms with Crippen LogP contribution in [0.4, 0.5) is 11.6 Å². The van der Waals surface area contributed by atoms with Gasteiger partial charge in [-0.05, 0) is 36.8 Å². The average Bonchev–Trinajstić information content (AvgIpc) is 2.40. The van der Waals surface area contributed by atoms with E-state index in [9.17, 15) is 0 Å². The molecule has 0 spiro atoms. The second kappa shape index (κ2) is 5.27. The molecule has 0 radical (unpaired) electrons. The fraction of sp³-hybridized carbons (Fsp3) is 0.167. The zero-order valence-electron chi connectivity index (χ0n) is 9.59. The summed E-state index contributed by atoms with van der Waals surface area (Å²) in [6, 6.07) is 9.72. The van der Waals surface area contributed by atoms with Gasteiger partial charge in [0.1, 0.15) is 11.6 Å². The molecule has 0 fully saturated rings. The maximum Gasteiger partial charge on any atom is 0.142 e. The van der Waals surface area contributed by atoms with Crippen molar-refractivity contribution in [3.05, 3.63) is 48.3 Å². The number of nitrogens with zero attached hydrogens (tertiary/aromatic N) is 2. The van der Waals surface area contributed by atoms with Gasteiger partial charge in [-0.2, -0.15) is 0 Å². The van der Waals surface area contributed by atoms with Gasteiger partial charge in [-0.3, -0.25) is 4.98 Å². The number of hydrogen-bond donors (Lipinski definition) is 3. The molecule has 2 aromatic heterocycles. The van der Waals surface area contributed by atoms with E-state index in [4.69, 9.17) is 5.84 Å². The molecule has 4 N–H and O–H groups in total. The first-order valence-electron chi connectivity index (χ1n) is 5.40. The Morgan fingerprint density at radius 1 is 1.12 bits per heavy atom. The highest BCUT2D eigenvalue weighted by Gasteiger charge is 2.05. The Morgan fingerprint density at radius 3 is 2.53 bits per heavy atom. The molecule has 0 aliphatic carbocycles. The van der Waals surface area contributed by atoms with Crippen LogP contribution in [0, 0.1) is 0 Å². The first-order valence-corrected chi connectivity index (χ1v) is 5.40. The highest BCUT2D eigenvalue weighted by atomic mass is 15.3. The molecule has 88 valence electrons. The Hall–Kier alpha value is -2.14. The molecule has 0 aliphatic heterocycles. The fourth-order valence-corrected chi connectivity index (χ4v) is 1.55. The van der Waals surface area contributed by atoms with Crippen LogP contribution in [0.5, 0.6) is 0 Å². The number of hydrogen-bond acceptors (Lipinski definition) is 5. The van der Waals surface area contributed by atoms with Crippen molar-refractivity contribution in [1.82, 2.24) is 9.97 Å². The van der Waals surface area contributed by atoms with Crippen LogP contribution < -0.4 is 16.6 Å². The van der Waals surface area contributed by atoms with Crippen molar-refractivity contribution in [2.75, 3.05) is 10.7 Å². The molecule has 0 aliphatic rings. The minimum Gasteiger partial charge on any atom is -0.363 e. The normalized spacial score (nSPS) is 11.9. The van der Waals surface area contributed by atoms with E-state index in [0.717, 1.165) is 11.4 Å². The summed E-state index contributed by atoms with van der Waals surface area (Å²) < 4.78 is 0. The number of nitrogens with one attached hydrogen (secondary N) is 2. The summed E-state index contributed by atoms with van der Waals surface area (Å²) in [6.07, 6.45) is 3.55. The number of nitrogen functional groups attached to an aromatic ring is 1. The summed E-state index contributed by atoms with van der Waals surface area (Å²) in [5, 5.41) is 3.30. The lowest BCUT2D eigenvalue weighted by Gasteiger charge is -2.15. The molecule has 2 heterocycles. The minimum absolute atomic E-state index is 0.165. The molecular formula is C12H15N5. The van der Waals surface area contributed by atoms with Crippen molar-refractivity contribution >= 4 is 11.6 Å². The molecule has 2 aromatic rings. The maximum atomic E-state index is 5.31. The van der Waals surface area contributed by atoms with Crippen LogP contribution in [0.2, 0.25) is 0 Å². The van der Waals surface area contributed by atoms with Crippen LogP contribution in [-0.4, -0.2) is 9.97 Å². The summed E-state index contributed by atoms with van der Waals surface area (Å²) in [6.45, 7) is 2.07. The number of aromatic nitrogens is 2. The van der Waals surface area contributed by atoms with Gasteiger partial charge in [0.2, 0.25) is 0 Å². The third-order valence-electron chi connectivity index (χ3n) is 2.47. The zero-order chi connectivity index (χ0) is 12.1. The van der Waals surface area contributed by atoms with Crippen LogP contribution in [0.15, 0.2) is 42.7 Å². The number of pyridine rings is 2. The standard InChI is InChI=1S/C12H15N5/c1-9(10-5-7-14-8-6-10)15-11-3-2-4-12(16-11)17-13/h2-9H,13H2,1H3,(H2,15,16,17). The van der Waals surface area contributed by atoms with Crippen LogP contribution in [0.1, 0.15) is 18.5 Å². The third kappa shape index (κ3) is 2.92. The third-order valence-corrected chi connectivity index (χ3v) is 2.47. The Bertz CT molecular complexity index is 471. The largest absolute Gasteiger partial charge is 0.363 e. The monoisotopic (exact) mass is 229 g/mol. The second-order valence-electron chi connectivity index (χ2n) is 3.70. The lowest BCUT2D eigenvalue weighted by atomic mass is 10.1. The van der Waals surface area contributed by atoms with Crippen molar-refractivity contribution in [3.63, 3.8) is 0 Å².